The molecular weight excluding hydrogens is 242 g/mol. The fourth-order valence-electron chi connectivity index (χ4n) is 2.38. The molecule has 0 aliphatic heterocycles. The Morgan fingerprint density at radius 1 is 1.37 bits per heavy atom. The molecule has 0 fully saturated rings. The zero-order valence-electron chi connectivity index (χ0n) is 11.6. The first-order chi connectivity index (χ1) is 8.93. The van der Waals surface area contributed by atoms with Gasteiger partial charge in [-0.25, -0.2) is 0 Å². The maximum Gasteiger partial charge on any atom is 0.280 e. The van der Waals surface area contributed by atoms with Gasteiger partial charge in [-0.2, -0.15) is 0 Å². The third-order valence-electron chi connectivity index (χ3n) is 3.72. The van der Waals surface area contributed by atoms with Crippen molar-refractivity contribution < 1.29 is 9.66 Å². The molecule has 0 bridgehead atoms. The second-order valence-electron chi connectivity index (χ2n) is 5.74. The minimum atomic E-state index is -0.335. The monoisotopic (exact) mass is 261 g/mol. The topological polar surface area (TPSA) is 52.4 Å². The lowest BCUT2D eigenvalue weighted by atomic mass is 9.77. The van der Waals surface area contributed by atoms with Crippen LogP contribution in [0.2, 0.25) is 0 Å². The number of methoxy groups -OCH3 is 1. The van der Waals surface area contributed by atoms with Gasteiger partial charge in [-0.15, -0.1) is 0 Å². The van der Waals surface area contributed by atoms with Crippen LogP contribution in [0.3, 0.4) is 0 Å². The SMILES string of the molecule is COc1ccc(C2=CCC(C)(C)CC2)c([N+](=O)[O-])c1. The van der Waals surface area contributed by atoms with Gasteiger partial charge in [0.15, 0.2) is 0 Å². The van der Waals surface area contributed by atoms with E-state index in [0.29, 0.717) is 11.2 Å². The molecule has 0 unspecified atom stereocenters. The highest BCUT2D eigenvalue weighted by molar-refractivity contribution is 5.74. The lowest BCUT2D eigenvalue weighted by molar-refractivity contribution is -0.385. The Bertz CT molecular complexity index is 532. The van der Waals surface area contributed by atoms with Crippen LogP contribution in [0.5, 0.6) is 5.75 Å². The van der Waals surface area contributed by atoms with Crippen molar-refractivity contribution in [2.75, 3.05) is 7.11 Å². The molecule has 1 aromatic carbocycles. The molecule has 4 heteroatoms. The van der Waals surface area contributed by atoms with Gasteiger partial charge in [0, 0.05) is 0 Å². The normalized spacial score (nSPS) is 17.7. The van der Waals surface area contributed by atoms with Crippen molar-refractivity contribution in [3.05, 3.63) is 40.0 Å². The van der Waals surface area contributed by atoms with Crippen LogP contribution in [0.4, 0.5) is 5.69 Å². The summed E-state index contributed by atoms with van der Waals surface area (Å²) in [5.41, 5.74) is 2.23. The largest absolute Gasteiger partial charge is 0.497 e. The van der Waals surface area contributed by atoms with Gasteiger partial charge in [0.2, 0.25) is 0 Å². The van der Waals surface area contributed by atoms with E-state index >= 15 is 0 Å². The van der Waals surface area contributed by atoms with Crippen molar-refractivity contribution in [3.8, 4) is 5.75 Å². The molecule has 0 N–H and O–H groups in total. The summed E-state index contributed by atoms with van der Waals surface area (Å²) >= 11 is 0. The highest BCUT2D eigenvalue weighted by atomic mass is 16.6. The van der Waals surface area contributed by atoms with E-state index in [2.05, 4.69) is 19.9 Å². The Morgan fingerprint density at radius 2 is 2.11 bits per heavy atom. The Morgan fingerprint density at radius 3 is 2.63 bits per heavy atom. The van der Waals surface area contributed by atoms with E-state index in [1.54, 1.807) is 12.1 Å². The minimum absolute atomic E-state index is 0.130. The molecule has 0 saturated carbocycles. The van der Waals surface area contributed by atoms with E-state index in [1.807, 2.05) is 0 Å². The molecule has 1 aliphatic carbocycles. The lowest BCUT2D eigenvalue weighted by Crippen LogP contribution is -2.14. The van der Waals surface area contributed by atoms with E-state index in [4.69, 9.17) is 4.74 Å². The first kappa shape index (κ1) is 13.6. The van der Waals surface area contributed by atoms with Crippen LogP contribution in [-0.4, -0.2) is 12.0 Å². The summed E-state index contributed by atoms with van der Waals surface area (Å²) in [6.45, 7) is 4.45. The summed E-state index contributed by atoms with van der Waals surface area (Å²) < 4.78 is 5.06. The summed E-state index contributed by atoms with van der Waals surface area (Å²) in [5.74, 6) is 0.521. The molecular formula is C15H19NO3. The molecule has 0 amide bonds. The first-order valence-electron chi connectivity index (χ1n) is 6.45. The van der Waals surface area contributed by atoms with E-state index in [1.165, 1.54) is 13.2 Å². The summed E-state index contributed by atoms with van der Waals surface area (Å²) in [7, 11) is 1.52. The Kier molecular flexibility index (Phi) is 3.60. The molecule has 1 aliphatic rings. The van der Waals surface area contributed by atoms with Crippen molar-refractivity contribution in [2.24, 2.45) is 5.41 Å². The van der Waals surface area contributed by atoms with Crippen LogP contribution in [0.15, 0.2) is 24.3 Å². The number of nitro benzene ring substituents is 1. The van der Waals surface area contributed by atoms with Crippen molar-refractivity contribution >= 4 is 11.3 Å². The molecule has 19 heavy (non-hydrogen) atoms. The van der Waals surface area contributed by atoms with Crippen molar-refractivity contribution in [2.45, 2.75) is 33.1 Å². The van der Waals surface area contributed by atoms with Crippen molar-refractivity contribution in [1.82, 2.24) is 0 Å². The fourth-order valence-corrected chi connectivity index (χ4v) is 2.38. The van der Waals surface area contributed by atoms with Gasteiger partial charge in [-0.3, -0.25) is 10.1 Å². The molecule has 0 saturated heterocycles. The number of rotatable bonds is 3. The number of benzene rings is 1. The van der Waals surface area contributed by atoms with Gasteiger partial charge in [-0.05, 0) is 42.4 Å². The third-order valence-corrected chi connectivity index (χ3v) is 3.72. The van der Waals surface area contributed by atoms with Crippen LogP contribution in [0.1, 0.15) is 38.7 Å². The van der Waals surface area contributed by atoms with Gasteiger partial charge in [0.05, 0.1) is 23.7 Å². The van der Waals surface area contributed by atoms with Crippen LogP contribution >= 0.6 is 0 Å². The summed E-state index contributed by atoms with van der Waals surface area (Å²) in [5, 5.41) is 11.2. The molecule has 0 radical (unpaired) electrons. The van der Waals surface area contributed by atoms with Crippen molar-refractivity contribution in [3.63, 3.8) is 0 Å². The molecule has 0 spiro atoms. The molecule has 0 aromatic heterocycles. The second kappa shape index (κ2) is 5.03. The maximum atomic E-state index is 11.2. The standard InChI is InChI=1S/C15H19NO3/c1-15(2)8-6-11(7-9-15)13-5-4-12(19-3)10-14(13)16(17)18/h4-6,10H,7-9H2,1-3H3. The van der Waals surface area contributed by atoms with E-state index < -0.39 is 0 Å². The number of nitro groups is 1. The van der Waals surface area contributed by atoms with Crippen LogP contribution < -0.4 is 4.74 Å². The van der Waals surface area contributed by atoms with Gasteiger partial charge in [0.1, 0.15) is 5.75 Å². The number of nitrogens with zero attached hydrogens (tertiary/aromatic N) is 1. The highest BCUT2D eigenvalue weighted by Crippen LogP contribution is 2.40. The molecule has 2 rings (SSSR count). The quantitative estimate of drug-likeness (QED) is 0.605. The predicted molar refractivity (Wildman–Crippen MR) is 75.3 cm³/mol. The highest BCUT2D eigenvalue weighted by Gasteiger charge is 2.25. The molecule has 0 atom stereocenters. The van der Waals surface area contributed by atoms with Crippen molar-refractivity contribution in [1.29, 1.82) is 0 Å². The van der Waals surface area contributed by atoms with Crippen LogP contribution in [0.25, 0.3) is 5.57 Å². The van der Waals surface area contributed by atoms with E-state index in [9.17, 15) is 10.1 Å². The summed E-state index contributed by atoms with van der Waals surface area (Å²) in [6, 6.07) is 5.07. The zero-order valence-corrected chi connectivity index (χ0v) is 11.6. The van der Waals surface area contributed by atoms with Crippen LogP contribution in [-0.2, 0) is 0 Å². The molecule has 0 heterocycles. The maximum absolute atomic E-state index is 11.2. The average molecular weight is 261 g/mol. The number of allylic oxidation sites excluding steroid dienone is 2. The zero-order chi connectivity index (χ0) is 14.0. The fraction of sp³-hybridized carbons (Fsp3) is 0.467. The first-order valence-corrected chi connectivity index (χ1v) is 6.45. The number of ether oxygens (including phenoxy) is 1. The lowest BCUT2D eigenvalue weighted by Gasteiger charge is -2.28. The van der Waals surface area contributed by atoms with E-state index in [0.717, 1.165) is 30.4 Å². The van der Waals surface area contributed by atoms with E-state index in [-0.39, 0.29) is 10.6 Å². The summed E-state index contributed by atoms with van der Waals surface area (Å²) in [4.78, 5) is 10.8. The van der Waals surface area contributed by atoms with Gasteiger partial charge in [0.25, 0.3) is 5.69 Å². The number of hydrogen-bond donors (Lipinski definition) is 0. The Labute approximate surface area is 113 Å². The third kappa shape index (κ3) is 2.95. The van der Waals surface area contributed by atoms with Crippen LogP contribution in [0, 0.1) is 15.5 Å². The Balaban J connectivity index is 2.40. The van der Waals surface area contributed by atoms with Gasteiger partial charge < -0.3 is 4.74 Å². The predicted octanol–water partition coefficient (Wildman–Crippen LogP) is 4.20. The summed E-state index contributed by atoms with van der Waals surface area (Å²) in [6.07, 6.45) is 5.05. The number of hydrogen-bond acceptors (Lipinski definition) is 3. The second-order valence-corrected chi connectivity index (χ2v) is 5.74. The molecule has 4 nitrogen and oxygen atoms in total. The molecule has 102 valence electrons. The van der Waals surface area contributed by atoms with Gasteiger partial charge >= 0.3 is 0 Å². The Hall–Kier alpha value is -1.84. The minimum Gasteiger partial charge on any atom is -0.497 e. The smallest absolute Gasteiger partial charge is 0.280 e. The molecule has 1 aromatic rings. The average Bonchev–Trinajstić information content (AvgIpc) is 2.38. The van der Waals surface area contributed by atoms with Gasteiger partial charge in [-0.1, -0.05) is 19.9 Å².